The van der Waals surface area contributed by atoms with Crippen LogP contribution in [0.3, 0.4) is 0 Å². The molecule has 3 aromatic rings. The third kappa shape index (κ3) is 3.50. The normalized spacial score (nSPS) is 21.9. The second kappa shape index (κ2) is 8.20. The molecule has 0 aliphatic carbocycles. The Balaban J connectivity index is 1.24. The van der Waals surface area contributed by atoms with Crippen molar-refractivity contribution in [2.24, 2.45) is 0 Å². The molecular weight excluding hydrogens is 428 g/mol. The molecule has 3 aliphatic heterocycles. The molecule has 0 aromatic heterocycles. The van der Waals surface area contributed by atoms with Gasteiger partial charge >= 0.3 is 6.09 Å². The number of carbonyl (C=O) groups excluding carboxylic acids is 2. The molecule has 1 atom stereocenters. The SMILES string of the molecule is O=C(C1c2ccccc2Oc2ccccc21)N1CCC[C@]2(CC1)CN(c1ccccc1)C(=O)O2. The zero-order chi connectivity index (χ0) is 23.1. The van der Waals surface area contributed by atoms with E-state index in [0.29, 0.717) is 26.1 Å². The van der Waals surface area contributed by atoms with Gasteiger partial charge in [0.15, 0.2) is 0 Å². The first kappa shape index (κ1) is 20.8. The van der Waals surface area contributed by atoms with Gasteiger partial charge in [-0.05, 0) is 37.1 Å². The number of amides is 2. The minimum atomic E-state index is -0.562. The van der Waals surface area contributed by atoms with Crippen molar-refractivity contribution in [1.29, 1.82) is 0 Å². The Morgan fingerprint density at radius 2 is 1.47 bits per heavy atom. The molecule has 0 saturated carbocycles. The third-order valence-electron chi connectivity index (χ3n) is 7.17. The molecule has 3 aromatic carbocycles. The van der Waals surface area contributed by atoms with Gasteiger partial charge in [-0.3, -0.25) is 9.69 Å². The maximum atomic E-state index is 13.9. The van der Waals surface area contributed by atoms with Crippen LogP contribution in [-0.2, 0) is 9.53 Å². The van der Waals surface area contributed by atoms with E-state index in [9.17, 15) is 9.59 Å². The number of para-hydroxylation sites is 3. The predicted octanol–water partition coefficient (Wildman–Crippen LogP) is 5.33. The fourth-order valence-electron chi connectivity index (χ4n) is 5.44. The minimum Gasteiger partial charge on any atom is -0.457 e. The lowest BCUT2D eigenvalue weighted by molar-refractivity contribution is -0.132. The Labute approximate surface area is 198 Å². The van der Waals surface area contributed by atoms with E-state index in [-0.39, 0.29) is 12.0 Å². The number of anilines is 1. The molecule has 3 heterocycles. The zero-order valence-electron chi connectivity index (χ0n) is 18.9. The summed E-state index contributed by atoms with van der Waals surface area (Å²) in [4.78, 5) is 30.3. The summed E-state index contributed by atoms with van der Waals surface area (Å²) < 4.78 is 12.0. The monoisotopic (exact) mass is 454 g/mol. The average Bonchev–Trinajstić information content (AvgIpc) is 3.06. The first-order valence-electron chi connectivity index (χ1n) is 11.8. The third-order valence-corrected chi connectivity index (χ3v) is 7.17. The second-order valence-corrected chi connectivity index (χ2v) is 9.26. The first-order chi connectivity index (χ1) is 16.6. The largest absolute Gasteiger partial charge is 0.457 e. The van der Waals surface area contributed by atoms with Crippen LogP contribution >= 0.6 is 0 Å². The summed E-state index contributed by atoms with van der Waals surface area (Å²) in [5.74, 6) is 1.13. The van der Waals surface area contributed by atoms with Crippen molar-refractivity contribution in [3.63, 3.8) is 0 Å². The van der Waals surface area contributed by atoms with E-state index in [2.05, 4.69) is 0 Å². The summed E-state index contributed by atoms with van der Waals surface area (Å²) in [5, 5.41) is 0. The molecule has 34 heavy (non-hydrogen) atoms. The van der Waals surface area contributed by atoms with Crippen molar-refractivity contribution in [3.05, 3.63) is 90.0 Å². The number of hydrogen-bond acceptors (Lipinski definition) is 4. The van der Waals surface area contributed by atoms with E-state index >= 15 is 0 Å². The highest BCUT2D eigenvalue weighted by Gasteiger charge is 2.47. The van der Waals surface area contributed by atoms with Gasteiger partial charge in [0.25, 0.3) is 0 Å². The van der Waals surface area contributed by atoms with E-state index in [1.54, 1.807) is 4.90 Å². The smallest absolute Gasteiger partial charge is 0.415 e. The van der Waals surface area contributed by atoms with Crippen molar-refractivity contribution in [2.75, 3.05) is 24.5 Å². The number of ether oxygens (including phenoxy) is 2. The molecule has 0 N–H and O–H groups in total. The van der Waals surface area contributed by atoms with Crippen molar-refractivity contribution >= 4 is 17.7 Å². The Morgan fingerprint density at radius 1 is 0.824 bits per heavy atom. The van der Waals surface area contributed by atoms with Crippen molar-refractivity contribution in [3.8, 4) is 11.5 Å². The maximum absolute atomic E-state index is 13.9. The quantitative estimate of drug-likeness (QED) is 0.525. The van der Waals surface area contributed by atoms with Gasteiger partial charge in [0, 0.05) is 36.3 Å². The van der Waals surface area contributed by atoms with Gasteiger partial charge in [0.2, 0.25) is 5.91 Å². The van der Waals surface area contributed by atoms with Gasteiger partial charge in [-0.1, -0.05) is 54.6 Å². The molecule has 0 unspecified atom stereocenters. The summed E-state index contributed by atoms with van der Waals surface area (Å²) in [7, 11) is 0. The fraction of sp³-hybridized carbons (Fsp3) is 0.286. The highest BCUT2D eigenvalue weighted by molar-refractivity contribution is 5.91. The van der Waals surface area contributed by atoms with Crippen LogP contribution in [0.5, 0.6) is 11.5 Å². The molecule has 2 fully saturated rings. The van der Waals surface area contributed by atoms with Crippen molar-refractivity contribution < 1.29 is 19.1 Å². The Kier molecular flexibility index (Phi) is 5.01. The summed E-state index contributed by atoms with van der Waals surface area (Å²) >= 11 is 0. The molecule has 2 amide bonds. The van der Waals surface area contributed by atoms with Gasteiger partial charge in [0.1, 0.15) is 17.1 Å². The van der Waals surface area contributed by atoms with Gasteiger partial charge in [-0.2, -0.15) is 0 Å². The van der Waals surface area contributed by atoms with E-state index in [0.717, 1.165) is 41.2 Å². The van der Waals surface area contributed by atoms with Crippen LogP contribution in [0.25, 0.3) is 0 Å². The Morgan fingerprint density at radius 3 is 2.18 bits per heavy atom. The highest BCUT2D eigenvalue weighted by atomic mass is 16.6. The molecule has 2 saturated heterocycles. The van der Waals surface area contributed by atoms with Crippen LogP contribution in [0.1, 0.15) is 36.3 Å². The molecule has 3 aliphatic rings. The number of carbonyl (C=O) groups is 2. The van der Waals surface area contributed by atoms with E-state index in [1.807, 2.05) is 83.8 Å². The van der Waals surface area contributed by atoms with Crippen molar-refractivity contribution in [1.82, 2.24) is 4.90 Å². The average molecular weight is 455 g/mol. The summed E-state index contributed by atoms with van der Waals surface area (Å²) in [5.41, 5.74) is 2.07. The molecule has 6 rings (SSSR count). The van der Waals surface area contributed by atoms with Crippen LogP contribution in [-0.4, -0.2) is 42.1 Å². The number of fused-ring (bicyclic) bond motifs is 2. The van der Waals surface area contributed by atoms with E-state index in [4.69, 9.17) is 9.47 Å². The minimum absolute atomic E-state index is 0.0736. The van der Waals surface area contributed by atoms with Crippen molar-refractivity contribution in [2.45, 2.75) is 30.8 Å². The van der Waals surface area contributed by atoms with Gasteiger partial charge in [0.05, 0.1) is 12.5 Å². The fourth-order valence-corrected chi connectivity index (χ4v) is 5.44. The summed E-state index contributed by atoms with van der Waals surface area (Å²) in [6, 6.07) is 25.2. The van der Waals surface area contributed by atoms with E-state index < -0.39 is 11.5 Å². The lowest BCUT2D eigenvalue weighted by Crippen LogP contribution is -2.39. The number of benzene rings is 3. The Bertz CT molecular complexity index is 1200. The van der Waals surface area contributed by atoms with Crippen LogP contribution < -0.4 is 9.64 Å². The molecule has 1 spiro atoms. The number of hydrogen-bond donors (Lipinski definition) is 0. The molecule has 0 radical (unpaired) electrons. The summed E-state index contributed by atoms with van der Waals surface area (Å²) in [6.07, 6.45) is 1.85. The van der Waals surface area contributed by atoms with Crippen LogP contribution in [0.4, 0.5) is 10.5 Å². The zero-order valence-corrected chi connectivity index (χ0v) is 18.9. The predicted molar refractivity (Wildman–Crippen MR) is 128 cm³/mol. The first-order valence-corrected chi connectivity index (χ1v) is 11.8. The molecule has 6 nitrogen and oxygen atoms in total. The second-order valence-electron chi connectivity index (χ2n) is 9.26. The number of nitrogens with zero attached hydrogens (tertiary/aromatic N) is 2. The molecule has 6 heteroatoms. The van der Waals surface area contributed by atoms with Gasteiger partial charge in [-0.25, -0.2) is 4.79 Å². The van der Waals surface area contributed by atoms with Crippen LogP contribution in [0.2, 0.25) is 0 Å². The van der Waals surface area contributed by atoms with Crippen LogP contribution in [0, 0.1) is 0 Å². The summed E-state index contributed by atoms with van der Waals surface area (Å²) in [6.45, 7) is 1.71. The molecule has 0 bridgehead atoms. The topological polar surface area (TPSA) is 59.1 Å². The van der Waals surface area contributed by atoms with Gasteiger partial charge in [-0.15, -0.1) is 0 Å². The standard InChI is InChI=1S/C28H26N2O4/c31-26(25-21-11-4-6-13-23(21)33-24-14-7-5-12-22(24)25)29-17-8-15-28(16-18-29)19-30(27(32)34-28)20-9-2-1-3-10-20/h1-7,9-14,25H,8,15-19H2/t28-/m0/s1. The van der Waals surface area contributed by atoms with Crippen LogP contribution in [0.15, 0.2) is 78.9 Å². The highest BCUT2D eigenvalue weighted by Crippen LogP contribution is 2.45. The lowest BCUT2D eigenvalue weighted by Gasteiger charge is -2.32. The Hall–Kier alpha value is -3.80. The number of rotatable bonds is 2. The maximum Gasteiger partial charge on any atom is 0.415 e. The molecule has 172 valence electrons. The lowest BCUT2D eigenvalue weighted by atomic mass is 9.86. The van der Waals surface area contributed by atoms with E-state index in [1.165, 1.54) is 0 Å². The van der Waals surface area contributed by atoms with Gasteiger partial charge < -0.3 is 14.4 Å². The number of likely N-dealkylation sites (tertiary alicyclic amines) is 1. The molecular formula is C28H26N2O4.